The van der Waals surface area contributed by atoms with Crippen LogP contribution in [0.2, 0.25) is 5.02 Å². The highest BCUT2D eigenvalue weighted by Gasteiger charge is 2.22. The minimum Gasteiger partial charge on any atom is -0.495 e. The van der Waals surface area contributed by atoms with E-state index in [0.29, 0.717) is 17.6 Å². The average molecular weight is 608 g/mol. The maximum absolute atomic E-state index is 8.56. The van der Waals surface area contributed by atoms with Crippen molar-refractivity contribution in [1.82, 2.24) is 4.90 Å². The minimum atomic E-state index is -1.83. The molecule has 0 bridgehead atoms. The molecule has 0 radical (unpaired) electrons. The van der Waals surface area contributed by atoms with Crippen LogP contribution >= 0.6 is 11.6 Å². The Morgan fingerprint density at radius 1 is 1.02 bits per heavy atom. The van der Waals surface area contributed by atoms with E-state index in [4.69, 9.17) is 41.5 Å². The normalized spacial score (nSPS) is 13.8. The molecular formula is C32H38ClN5O5. The number of hydrogen-bond donors (Lipinski definition) is 3. The van der Waals surface area contributed by atoms with Gasteiger partial charge in [-0.1, -0.05) is 35.9 Å². The average Bonchev–Trinajstić information content (AvgIpc) is 3.43. The fourth-order valence-electron chi connectivity index (χ4n) is 5.15. The maximum Gasteiger partial charge on any atom is 0.503 e. The largest absolute Gasteiger partial charge is 0.503 e. The van der Waals surface area contributed by atoms with Crippen LogP contribution < -0.4 is 20.3 Å². The number of anilines is 3. The van der Waals surface area contributed by atoms with Gasteiger partial charge in [0.15, 0.2) is 0 Å². The number of rotatable bonds is 9. The number of ether oxygens (including phenoxy) is 1. The van der Waals surface area contributed by atoms with E-state index < -0.39 is 6.16 Å². The summed E-state index contributed by atoms with van der Waals surface area (Å²) >= 11 is 6.04. The van der Waals surface area contributed by atoms with Crippen LogP contribution in [-0.4, -0.2) is 74.1 Å². The van der Waals surface area contributed by atoms with Gasteiger partial charge in [0, 0.05) is 55.4 Å². The second-order valence-corrected chi connectivity index (χ2v) is 10.5. The van der Waals surface area contributed by atoms with Gasteiger partial charge in [0.1, 0.15) is 11.3 Å². The first-order chi connectivity index (χ1) is 20.8. The van der Waals surface area contributed by atoms with Crippen molar-refractivity contribution in [2.75, 3.05) is 56.7 Å². The van der Waals surface area contributed by atoms with Crippen molar-refractivity contribution in [2.24, 2.45) is 10.7 Å². The molecule has 43 heavy (non-hydrogen) atoms. The first-order valence-corrected chi connectivity index (χ1v) is 14.5. The summed E-state index contributed by atoms with van der Waals surface area (Å²) < 4.78 is 11.9. The van der Waals surface area contributed by atoms with Crippen LogP contribution in [0, 0.1) is 0 Å². The number of piperazine rings is 1. The predicted molar refractivity (Wildman–Crippen MR) is 173 cm³/mol. The van der Waals surface area contributed by atoms with Crippen LogP contribution in [0.3, 0.4) is 0 Å². The highest BCUT2D eigenvalue weighted by molar-refractivity contribution is 6.30. The van der Waals surface area contributed by atoms with Gasteiger partial charge in [0.05, 0.1) is 12.8 Å². The van der Waals surface area contributed by atoms with E-state index in [2.05, 4.69) is 39.1 Å². The Hall–Kier alpha value is -4.41. The molecule has 1 aromatic heterocycles. The van der Waals surface area contributed by atoms with Crippen LogP contribution in [0.15, 0.2) is 82.2 Å². The Bertz CT molecular complexity index is 1480. The van der Waals surface area contributed by atoms with Crippen molar-refractivity contribution in [2.45, 2.75) is 19.3 Å². The second-order valence-electron chi connectivity index (χ2n) is 10.1. The second kappa shape index (κ2) is 15.2. The Kier molecular flexibility index (Phi) is 11.1. The summed E-state index contributed by atoms with van der Waals surface area (Å²) in [5.74, 6) is 1.65. The molecule has 1 aliphatic rings. The molecule has 10 nitrogen and oxygen atoms in total. The van der Waals surface area contributed by atoms with E-state index >= 15 is 0 Å². The van der Waals surface area contributed by atoms with Gasteiger partial charge >= 0.3 is 6.16 Å². The number of halogens is 1. The predicted octanol–water partition coefficient (Wildman–Crippen LogP) is 6.54. The van der Waals surface area contributed by atoms with Crippen LogP contribution in [0.1, 0.15) is 18.4 Å². The van der Waals surface area contributed by atoms with Crippen molar-refractivity contribution >= 4 is 51.9 Å². The molecule has 4 N–H and O–H groups in total. The molecule has 0 unspecified atom stereocenters. The number of methoxy groups -OCH3 is 1. The molecule has 1 fully saturated rings. The summed E-state index contributed by atoms with van der Waals surface area (Å²) in [6, 6.07) is 24.3. The molecule has 1 aliphatic heterocycles. The molecule has 0 saturated carbocycles. The highest BCUT2D eigenvalue weighted by Crippen LogP contribution is 2.37. The molecule has 0 aliphatic carbocycles. The molecule has 1 saturated heterocycles. The van der Waals surface area contributed by atoms with Gasteiger partial charge in [-0.3, -0.25) is 9.89 Å². The number of carbonyl (C=O) groups is 1. The molecule has 0 spiro atoms. The Labute approximate surface area is 256 Å². The number of fused-ring (bicyclic) bond motifs is 1. The van der Waals surface area contributed by atoms with E-state index in [0.717, 1.165) is 73.7 Å². The van der Waals surface area contributed by atoms with E-state index in [1.54, 1.807) is 14.2 Å². The Morgan fingerprint density at radius 2 is 1.72 bits per heavy atom. The lowest BCUT2D eigenvalue weighted by atomic mass is 10.1. The van der Waals surface area contributed by atoms with Crippen LogP contribution in [-0.2, 0) is 6.42 Å². The van der Waals surface area contributed by atoms with Crippen LogP contribution in [0.25, 0.3) is 11.0 Å². The van der Waals surface area contributed by atoms with Crippen molar-refractivity contribution < 1.29 is 24.2 Å². The van der Waals surface area contributed by atoms with Crippen LogP contribution in [0.4, 0.5) is 22.1 Å². The van der Waals surface area contributed by atoms with Crippen molar-refractivity contribution in [1.29, 1.82) is 0 Å². The van der Waals surface area contributed by atoms with Gasteiger partial charge in [-0.15, -0.1) is 0 Å². The lowest BCUT2D eigenvalue weighted by Crippen LogP contribution is -2.46. The molecular weight excluding hydrogens is 570 g/mol. The summed E-state index contributed by atoms with van der Waals surface area (Å²) in [7, 11) is 3.35. The van der Waals surface area contributed by atoms with E-state index in [9.17, 15) is 0 Å². The van der Waals surface area contributed by atoms with E-state index in [-0.39, 0.29) is 0 Å². The summed E-state index contributed by atoms with van der Waals surface area (Å²) in [6.45, 7) is 5.36. The topological polar surface area (TPSA) is 128 Å². The molecule has 5 rings (SSSR count). The van der Waals surface area contributed by atoms with Crippen molar-refractivity contribution in [3.8, 4) is 5.75 Å². The molecule has 228 valence electrons. The first-order valence-electron chi connectivity index (χ1n) is 14.1. The molecule has 0 atom stereocenters. The van der Waals surface area contributed by atoms with Gasteiger partial charge in [0.2, 0.25) is 11.8 Å². The zero-order valence-electron chi connectivity index (χ0n) is 24.4. The SMILES string of the molecule is CN=C(N)N(c1cc2ccccc2o1)c1cc(CCCCN2CCN(c3ccc(Cl)cc3)CC2)ccc1OC.O=C(O)O. The van der Waals surface area contributed by atoms with Crippen molar-refractivity contribution in [3.63, 3.8) is 0 Å². The fraction of sp³-hybridized carbons (Fsp3) is 0.312. The maximum atomic E-state index is 8.56. The van der Waals surface area contributed by atoms with Gasteiger partial charge < -0.3 is 30.0 Å². The summed E-state index contributed by atoms with van der Waals surface area (Å²) in [5.41, 5.74) is 10.5. The van der Waals surface area contributed by atoms with Crippen LogP contribution in [0.5, 0.6) is 5.75 Å². The monoisotopic (exact) mass is 607 g/mol. The molecule has 0 amide bonds. The lowest BCUT2D eigenvalue weighted by molar-refractivity contribution is 0.137. The number of carboxylic acid groups (broad SMARTS) is 2. The first kappa shape index (κ1) is 31.5. The zero-order valence-corrected chi connectivity index (χ0v) is 25.2. The zero-order chi connectivity index (χ0) is 30.8. The number of unbranched alkanes of at least 4 members (excludes halogenated alkanes) is 1. The smallest absolute Gasteiger partial charge is 0.495 e. The lowest BCUT2D eigenvalue weighted by Gasteiger charge is -2.36. The third-order valence-corrected chi connectivity index (χ3v) is 7.58. The molecule has 2 heterocycles. The third-order valence-electron chi connectivity index (χ3n) is 7.33. The minimum absolute atomic E-state index is 0.335. The standard InChI is InChI=1S/C31H36ClN5O2.CH2O3/c1-34-31(33)37(30-22-24-8-3-4-9-28(24)39-30)27-21-23(10-15-29(27)38-2)7-5-6-16-35-17-19-36(20-18-35)26-13-11-25(32)12-14-26;2-1(3)4/h3-4,8-15,21-22H,5-7,16-20H2,1-2H3,(H2,33,34);(H2,2,3,4). The number of nitrogens with zero attached hydrogens (tertiary/aromatic N) is 4. The van der Waals surface area contributed by atoms with Gasteiger partial charge in [-0.05, 0) is 73.8 Å². The van der Waals surface area contributed by atoms with Gasteiger partial charge in [-0.25, -0.2) is 9.69 Å². The number of nitrogens with two attached hydrogens (primary N) is 1. The Balaban J connectivity index is 0.000000996. The highest BCUT2D eigenvalue weighted by atomic mass is 35.5. The summed E-state index contributed by atoms with van der Waals surface area (Å²) in [5, 5.41) is 15.7. The van der Waals surface area contributed by atoms with Gasteiger partial charge in [-0.2, -0.15) is 0 Å². The third kappa shape index (κ3) is 8.56. The summed E-state index contributed by atoms with van der Waals surface area (Å²) in [6.07, 6.45) is 1.39. The molecule has 4 aromatic rings. The van der Waals surface area contributed by atoms with E-state index in [1.807, 2.05) is 53.4 Å². The number of guanidine groups is 1. The number of benzene rings is 3. The number of para-hydroxylation sites is 1. The quantitative estimate of drug-likeness (QED) is 0.110. The number of furan rings is 1. The van der Waals surface area contributed by atoms with E-state index in [1.165, 1.54) is 11.3 Å². The number of hydrogen-bond acceptors (Lipinski definition) is 6. The summed E-state index contributed by atoms with van der Waals surface area (Å²) in [4.78, 5) is 19.6. The van der Waals surface area contributed by atoms with Crippen molar-refractivity contribution in [3.05, 3.63) is 83.4 Å². The van der Waals surface area contributed by atoms with Gasteiger partial charge in [0.25, 0.3) is 0 Å². The number of aliphatic imine (C=N–C) groups is 1. The Morgan fingerprint density at radius 3 is 2.37 bits per heavy atom. The molecule has 11 heteroatoms. The molecule has 3 aromatic carbocycles. The number of aryl methyl sites for hydroxylation is 1. The fourth-order valence-corrected chi connectivity index (χ4v) is 5.27.